The Labute approximate surface area is 168 Å². The van der Waals surface area contributed by atoms with Gasteiger partial charge in [0.1, 0.15) is 0 Å². The summed E-state index contributed by atoms with van der Waals surface area (Å²) in [6.07, 6.45) is -2.51. The van der Waals surface area contributed by atoms with Crippen LogP contribution in [-0.2, 0) is 6.18 Å². The van der Waals surface area contributed by atoms with Crippen LogP contribution in [-0.4, -0.2) is 36.1 Å². The summed E-state index contributed by atoms with van der Waals surface area (Å²) in [5, 5.41) is 6.80. The van der Waals surface area contributed by atoms with E-state index in [9.17, 15) is 18.0 Å². The van der Waals surface area contributed by atoms with Gasteiger partial charge in [-0.2, -0.15) is 13.2 Å². The zero-order chi connectivity index (χ0) is 21.2. The number of hydrogen-bond donors (Lipinski definition) is 1. The van der Waals surface area contributed by atoms with E-state index in [1.54, 1.807) is 6.07 Å². The van der Waals surface area contributed by atoms with Crippen LogP contribution in [0.25, 0.3) is 0 Å². The number of nitrogens with one attached hydrogen (secondary N) is 1. The van der Waals surface area contributed by atoms with Gasteiger partial charge in [0.05, 0.1) is 11.3 Å². The molecule has 158 valence electrons. The van der Waals surface area contributed by atoms with Crippen molar-refractivity contribution in [2.45, 2.75) is 44.8 Å². The first-order valence-electron chi connectivity index (χ1n) is 9.79. The molecule has 0 bridgehead atoms. The molecule has 0 spiro atoms. The summed E-state index contributed by atoms with van der Waals surface area (Å²) in [6.45, 7) is 5.20. The van der Waals surface area contributed by atoms with Crippen LogP contribution in [0.1, 0.15) is 66.0 Å². The van der Waals surface area contributed by atoms with Gasteiger partial charge in [-0.05, 0) is 56.0 Å². The first kappa shape index (κ1) is 21.4. The zero-order valence-corrected chi connectivity index (χ0v) is 16.8. The molecule has 0 aliphatic carbocycles. The van der Waals surface area contributed by atoms with Crippen molar-refractivity contribution in [3.05, 3.63) is 52.9 Å². The largest absolute Gasteiger partial charge is 0.416 e. The highest BCUT2D eigenvalue weighted by molar-refractivity contribution is 5.91. The third-order valence-electron chi connectivity index (χ3n) is 5.46. The summed E-state index contributed by atoms with van der Waals surface area (Å²) < 4.78 is 43.7. The maximum absolute atomic E-state index is 12.9. The molecule has 1 aliphatic heterocycles. The molecular weight excluding hydrogens is 383 g/mol. The third-order valence-corrected chi connectivity index (χ3v) is 5.46. The molecule has 2 aromatic rings. The second-order valence-electron chi connectivity index (χ2n) is 7.93. The summed E-state index contributed by atoms with van der Waals surface area (Å²) >= 11 is 0. The number of rotatable bonds is 5. The van der Waals surface area contributed by atoms with Crippen LogP contribution in [0.4, 0.5) is 13.2 Å². The Morgan fingerprint density at radius 2 is 2.00 bits per heavy atom. The van der Waals surface area contributed by atoms with Crippen LogP contribution in [0.3, 0.4) is 0 Å². The van der Waals surface area contributed by atoms with E-state index in [1.165, 1.54) is 12.1 Å². The molecule has 8 heteroatoms. The Kier molecular flexibility index (Phi) is 6.31. The summed E-state index contributed by atoms with van der Waals surface area (Å²) in [4.78, 5) is 14.6. The van der Waals surface area contributed by atoms with Gasteiger partial charge in [-0.3, -0.25) is 9.69 Å². The van der Waals surface area contributed by atoms with Crippen LogP contribution >= 0.6 is 0 Å². The monoisotopic (exact) mass is 409 g/mol. The Morgan fingerprint density at radius 3 is 2.59 bits per heavy atom. The molecule has 1 saturated heterocycles. The van der Waals surface area contributed by atoms with Gasteiger partial charge in [-0.25, -0.2) is 0 Å². The Balaban J connectivity index is 1.70. The number of likely N-dealkylation sites (tertiary alicyclic amines) is 1. The van der Waals surface area contributed by atoms with Gasteiger partial charge in [0.25, 0.3) is 5.91 Å². The molecule has 2 unspecified atom stereocenters. The van der Waals surface area contributed by atoms with Crippen molar-refractivity contribution < 1.29 is 22.5 Å². The molecular formula is C21H26F3N3O2. The van der Waals surface area contributed by atoms with Crippen LogP contribution in [0.15, 0.2) is 34.9 Å². The van der Waals surface area contributed by atoms with Crippen LogP contribution in [0.2, 0.25) is 0 Å². The fraction of sp³-hybridized carbons (Fsp3) is 0.524. The van der Waals surface area contributed by atoms with Crippen molar-refractivity contribution in [3.63, 3.8) is 0 Å². The highest BCUT2D eigenvalue weighted by atomic mass is 19.4. The SMILES string of the molecule is CC(C)c1cc(C(=O)NCC2CCCN(C)C2c2ccc(C(F)(F)F)cc2)on1. The lowest BCUT2D eigenvalue weighted by Crippen LogP contribution is -2.41. The molecule has 2 atom stereocenters. The van der Waals surface area contributed by atoms with E-state index in [0.717, 1.165) is 42.8 Å². The van der Waals surface area contributed by atoms with E-state index in [-0.39, 0.29) is 29.5 Å². The number of aromatic nitrogens is 1. The zero-order valence-electron chi connectivity index (χ0n) is 16.8. The van der Waals surface area contributed by atoms with E-state index in [4.69, 9.17) is 4.52 Å². The van der Waals surface area contributed by atoms with Gasteiger partial charge < -0.3 is 9.84 Å². The number of hydrogen-bond acceptors (Lipinski definition) is 4. The maximum atomic E-state index is 12.9. The number of halogens is 3. The lowest BCUT2D eigenvalue weighted by atomic mass is 9.84. The highest BCUT2D eigenvalue weighted by Crippen LogP contribution is 2.36. The van der Waals surface area contributed by atoms with Gasteiger partial charge in [0, 0.05) is 18.7 Å². The average Bonchev–Trinajstić information content (AvgIpc) is 3.16. The van der Waals surface area contributed by atoms with Crippen molar-refractivity contribution in [1.82, 2.24) is 15.4 Å². The summed E-state index contributed by atoms with van der Waals surface area (Å²) in [7, 11) is 1.96. The molecule has 1 aromatic heterocycles. The fourth-order valence-electron chi connectivity index (χ4n) is 3.85. The number of piperidine rings is 1. The van der Waals surface area contributed by atoms with Gasteiger partial charge in [-0.1, -0.05) is 31.1 Å². The summed E-state index contributed by atoms with van der Waals surface area (Å²) in [5.74, 6) is 0.0889. The van der Waals surface area contributed by atoms with E-state index in [1.807, 2.05) is 20.9 Å². The van der Waals surface area contributed by atoms with Crippen molar-refractivity contribution in [2.24, 2.45) is 5.92 Å². The lowest BCUT2D eigenvalue weighted by molar-refractivity contribution is -0.137. The number of benzene rings is 1. The number of nitrogens with zero attached hydrogens (tertiary/aromatic N) is 2. The number of amides is 1. The van der Waals surface area contributed by atoms with Gasteiger partial charge in [-0.15, -0.1) is 0 Å². The van der Waals surface area contributed by atoms with Crippen molar-refractivity contribution in [2.75, 3.05) is 20.1 Å². The Morgan fingerprint density at radius 1 is 1.31 bits per heavy atom. The van der Waals surface area contributed by atoms with Crippen LogP contribution in [0, 0.1) is 5.92 Å². The molecule has 5 nitrogen and oxygen atoms in total. The quantitative estimate of drug-likeness (QED) is 0.782. The maximum Gasteiger partial charge on any atom is 0.416 e. The van der Waals surface area contributed by atoms with Gasteiger partial charge in [0.15, 0.2) is 0 Å². The number of carbonyl (C=O) groups excluding carboxylic acids is 1. The first-order valence-corrected chi connectivity index (χ1v) is 9.79. The van der Waals surface area contributed by atoms with Crippen molar-refractivity contribution in [3.8, 4) is 0 Å². The van der Waals surface area contributed by atoms with Gasteiger partial charge >= 0.3 is 6.18 Å². The standard InChI is InChI=1S/C21H26F3N3O2/c1-13(2)17-11-18(29-26-17)20(28)25-12-15-5-4-10-27(3)19(15)14-6-8-16(9-7-14)21(22,23)24/h6-9,11,13,15,19H,4-5,10,12H2,1-3H3,(H,25,28). The van der Waals surface area contributed by atoms with E-state index in [2.05, 4.69) is 15.4 Å². The molecule has 1 aliphatic rings. The smallest absolute Gasteiger partial charge is 0.351 e. The predicted molar refractivity (Wildman–Crippen MR) is 102 cm³/mol. The minimum atomic E-state index is -4.35. The molecule has 1 fully saturated rings. The van der Waals surface area contributed by atoms with Gasteiger partial charge in [0.2, 0.25) is 5.76 Å². The molecule has 29 heavy (non-hydrogen) atoms. The Bertz CT molecular complexity index is 830. The Hall–Kier alpha value is -2.35. The second-order valence-corrected chi connectivity index (χ2v) is 7.93. The van der Waals surface area contributed by atoms with Crippen LogP contribution in [0.5, 0.6) is 0 Å². The molecule has 1 amide bonds. The van der Waals surface area contributed by atoms with Crippen LogP contribution < -0.4 is 5.32 Å². The first-order chi connectivity index (χ1) is 13.7. The minimum absolute atomic E-state index is 0.0627. The molecule has 2 heterocycles. The molecule has 3 rings (SSSR count). The lowest BCUT2D eigenvalue weighted by Gasteiger charge is -2.39. The minimum Gasteiger partial charge on any atom is -0.351 e. The fourth-order valence-corrected chi connectivity index (χ4v) is 3.85. The third kappa shape index (κ3) is 4.98. The van der Waals surface area contributed by atoms with E-state index >= 15 is 0 Å². The average molecular weight is 409 g/mol. The van der Waals surface area contributed by atoms with Crippen molar-refractivity contribution >= 4 is 5.91 Å². The molecule has 1 aromatic carbocycles. The second kappa shape index (κ2) is 8.57. The van der Waals surface area contributed by atoms with Crippen molar-refractivity contribution in [1.29, 1.82) is 0 Å². The summed E-state index contributed by atoms with van der Waals surface area (Å²) in [6, 6.07) is 6.89. The van der Waals surface area contributed by atoms with E-state index in [0.29, 0.717) is 6.54 Å². The number of carbonyl (C=O) groups is 1. The molecule has 0 radical (unpaired) electrons. The predicted octanol–water partition coefficient (Wildman–Crippen LogP) is 4.63. The highest BCUT2D eigenvalue weighted by Gasteiger charge is 2.33. The summed E-state index contributed by atoms with van der Waals surface area (Å²) in [5.41, 5.74) is 0.882. The normalized spacial score (nSPS) is 20.8. The molecule has 0 saturated carbocycles. The van der Waals surface area contributed by atoms with E-state index < -0.39 is 11.7 Å². The topological polar surface area (TPSA) is 58.4 Å². The molecule has 1 N–H and O–H groups in total. The number of alkyl halides is 3.